The third kappa shape index (κ3) is 3.23. The van der Waals surface area contributed by atoms with E-state index in [1.807, 2.05) is 0 Å². The number of ketones is 2. The Morgan fingerprint density at radius 2 is 1.77 bits per heavy atom. The average molecular weight is 601 g/mol. The molecule has 12 heteroatoms. The minimum Gasteiger partial charge on any atom is -0.508 e. The Kier molecular flexibility index (Phi) is 6.51. The summed E-state index contributed by atoms with van der Waals surface area (Å²) in [5.74, 6) is -9.36. The molecule has 1 fully saturated rings. The largest absolute Gasteiger partial charge is 0.508 e. The van der Waals surface area contributed by atoms with E-state index in [0.29, 0.717) is 9.13 Å². The van der Waals surface area contributed by atoms with E-state index in [0.717, 1.165) is 0 Å². The van der Waals surface area contributed by atoms with Crippen molar-refractivity contribution in [3.05, 3.63) is 37.7 Å². The fourth-order valence-electron chi connectivity index (χ4n) is 5.77. The predicted molar refractivity (Wildman–Crippen MR) is 134 cm³/mol. The number of phenols is 1. The van der Waals surface area contributed by atoms with E-state index in [2.05, 4.69) is 0 Å². The molecule has 9 N–H and O–H groups in total. The number of halogens is 1. The van der Waals surface area contributed by atoms with Crippen LogP contribution in [0.5, 0.6) is 5.75 Å². The van der Waals surface area contributed by atoms with Gasteiger partial charge in [0.25, 0.3) is 5.91 Å². The lowest BCUT2D eigenvalue weighted by atomic mass is 9.54. The van der Waals surface area contributed by atoms with Crippen LogP contribution in [0.2, 0.25) is 0 Å². The standard InChI is InChI=1S/C22H24IN3O8.CH4/c1-5-8-7(24)4-6(23)15(27)10(8)16(28)11-9(5)17(29)13-14(26(2)3)18(30)12(21(25)33)20(32)22(13,34)19(11)31;/h4-5,9,13-14,17,27-29,32,34H,24H2,1-3H3,(H2,25,33);1H4/t5-,9?,13?,14-,17-,22-;/m0./s1. The smallest absolute Gasteiger partial charge is 0.255 e. The zero-order valence-electron chi connectivity index (χ0n) is 18.4. The number of amides is 1. The first-order chi connectivity index (χ1) is 15.7. The number of fused-ring (bicyclic) bond motifs is 3. The molecule has 1 amide bonds. The van der Waals surface area contributed by atoms with Crippen LogP contribution in [-0.4, -0.2) is 79.7 Å². The topological polar surface area (TPSA) is 208 Å². The number of Topliss-reactive ketones (excluding diaryl/α,β-unsaturated/α-hetero) is 2. The van der Waals surface area contributed by atoms with Gasteiger partial charge in [0.05, 0.1) is 27.2 Å². The van der Waals surface area contributed by atoms with E-state index in [4.69, 9.17) is 11.5 Å². The molecule has 3 aliphatic rings. The number of carbonyl (C=O) groups excluding carboxylic acids is 3. The SMILES string of the molecule is C.C[C@H]1c2c(N)cc(I)c(O)c2C(O)=C2C(=O)[C@]3(O)C(O)=C(C(N)=O)C(=O)[C@@H](N(C)C)C3[C@@H](O)C21. The Morgan fingerprint density at radius 1 is 1.20 bits per heavy atom. The fraction of sp³-hybridized carbons (Fsp3) is 0.435. The second-order valence-electron chi connectivity index (χ2n) is 9.13. The van der Waals surface area contributed by atoms with Crippen molar-refractivity contribution in [1.29, 1.82) is 0 Å². The van der Waals surface area contributed by atoms with Gasteiger partial charge in [0.2, 0.25) is 5.78 Å². The number of primary amides is 1. The Hall–Kier alpha value is -2.68. The van der Waals surface area contributed by atoms with Crippen LogP contribution in [0, 0.1) is 15.4 Å². The molecule has 35 heavy (non-hydrogen) atoms. The first-order valence-corrected chi connectivity index (χ1v) is 11.4. The van der Waals surface area contributed by atoms with E-state index in [1.165, 1.54) is 25.1 Å². The highest BCUT2D eigenvalue weighted by atomic mass is 127. The van der Waals surface area contributed by atoms with Crippen LogP contribution in [0.1, 0.15) is 31.4 Å². The molecule has 2 unspecified atom stereocenters. The highest BCUT2D eigenvalue weighted by Crippen LogP contribution is 2.57. The minimum absolute atomic E-state index is 0. The lowest BCUT2D eigenvalue weighted by Crippen LogP contribution is -2.70. The first kappa shape index (κ1) is 26.9. The fourth-order valence-corrected chi connectivity index (χ4v) is 6.38. The van der Waals surface area contributed by atoms with Crippen molar-refractivity contribution >= 4 is 51.5 Å². The molecule has 1 aromatic rings. The number of hydrogen-bond acceptors (Lipinski definition) is 10. The van der Waals surface area contributed by atoms with E-state index >= 15 is 0 Å². The summed E-state index contributed by atoms with van der Waals surface area (Å²) in [6.45, 7) is 1.62. The van der Waals surface area contributed by atoms with Crippen LogP contribution in [0.15, 0.2) is 23.0 Å². The summed E-state index contributed by atoms with van der Waals surface area (Å²) in [4.78, 5) is 40.2. The number of nitrogens with zero attached hydrogens (tertiary/aromatic N) is 1. The molecule has 1 saturated carbocycles. The van der Waals surface area contributed by atoms with Gasteiger partial charge in [-0.25, -0.2) is 0 Å². The molecule has 0 saturated heterocycles. The molecule has 1 aromatic carbocycles. The maximum absolute atomic E-state index is 13.8. The van der Waals surface area contributed by atoms with E-state index in [9.17, 15) is 39.9 Å². The summed E-state index contributed by atoms with van der Waals surface area (Å²) in [5.41, 5.74) is 7.48. The van der Waals surface area contributed by atoms with E-state index in [1.54, 1.807) is 29.5 Å². The lowest BCUT2D eigenvalue weighted by molar-refractivity contribution is -0.169. The number of nitrogens with two attached hydrogens (primary N) is 2. The van der Waals surface area contributed by atoms with Gasteiger partial charge in [-0.3, -0.25) is 19.3 Å². The van der Waals surface area contributed by atoms with Crippen molar-refractivity contribution < 1.29 is 39.9 Å². The van der Waals surface area contributed by atoms with Gasteiger partial charge in [-0.15, -0.1) is 0 Å². The van der Waals surface area contributed by atoms with Gasteiger partial charge >= 0.3 is 0 Å². The first-order valence-electron chi connectivity index (χ1n) is 10.3. The second kappa shape index (κ2) is 8.47. The summed E-state index contributed by atoms with van der Waals surface area (Å²) in [6.07, 6.45) is -1.66. The normalized spacial score (nSPS) is 32.1. The maximum atomic E-state index is 13.8. The maximum Gasteiger partial charge on any atom is 0.255 e. The molecule has 6 atom stereocenters. The Morgan fingerprint density at radius 3 is 2.29 bits per heavy atom. The van der Waals surface area contributed by atoms with Gasteiger partial charge in [0.15, 0.2) is 11.4 Å². The van der Waals surface area contributed by atoms with Gasteiger partial charge in [-0.1, -0.05) is 14.4 Å². The molecule has 190 valence electrons. The highest BCUT2D eigenvalue weighted by molar-refractivity contribution is 14.1. The number of likely N-dealkylation sites (N-methyl/N-ethyl adjacent to an activating group) is 1. The minimum atomic E-state index is -2.94. The molecule has 0 aliphatic heterocycles. The van der Waals surface area contributed by atoms with Gasteiger partial charge in [0.1, 0.15) is 22.8 Å². The van der Waals surface area contributed by atoms with Crippen molar-refractivity contribution in [3.63, 3.8) is 0 Å². The number of carbonyl (C=O) groups is 3. The zero-order chi connectivity index (χ0) is 25.6. The zero-order valence-corrected chi connectivity index (χ0v) is 20.6. The molecule has 4 rings (SSSR count). The van der Waals surface area contributed by atoms with Crippen LogP contribution in [0.25, 0.3) is 5.76 Å². The predicted octanol–water partition coefficient (Wildman–Crippen LogP) is 0.319. The quantitative estimate of drug-likeness (QED) is 0.107. The Balaban J connectivity index is 0.00000342. The summed E-state index contributed by atoms with van der Waals surface area (Å²) < 4.78 is 0.293. The van der Waals surface area contributed by atoms with Crippen LogP contribution in [-0.2, 0) is 14.4 Å². The van der Waals surface area contributed by atoms with Crippen molar-refractivity contribution in [2.24, 2.45) is 17.6 Å². The third-order valence-electron chi connectivity index (χ3n) is 7.21. The summed E-state index contributed by atoms with van der Waals surface area (Å²) in [5, 5.41) is 55.7. The number of aliphatic hydroxyl groups is 4. The summed E-state index contributed by atoms with van der Waals surface area (Å²) in [6, 6.07) is 0.0826. The Bertz CT molecular complexity index is 1240. The van der Waals surface area contributed by atoms with Crippen LogP contribution >= 0.6 is 22.6 Å². The van der Waals surface area contributed by atoms with Crippen LogP contribution in [0.4, 0.5) is 5.69 Å². The molecular formula is C23H28IN3O8. The molecule has 0 spiro atoms. The number of aromatic hydroxyl groups is 1. The van der Waals surface area contributed by atoms with Gasteiger partial charge < -0.3 is 37.0 Å². The molecule has 3 aliphatic carbocycles. The molecule has 0 aromatic heterocycles. The number of phenolic OH excluding ortho intramolecular Hbond substituents is 1. The highest BCUT2D eigenvalue weighted by Gasteiger charge is 2.68. The van der Waals surface area contributed by atoms with Crippen molar-refractivity contribution in [2.75, 3.05) is 19.8 Å². The number of aliphatic hydroxyl groups excluding tert-OH is 3. The van der Waals surface area contributed by atoms with E-state index in [-0.39, 0.29) is 24.4 Å². The summed E-state index contributed by atoms with van der Waals surface area (Å²) in [7, 11) is 2.89. The number of benzene rings is 1. The van der Waals surface area contributed by atoms with Crippen molar-refractivity contribution in [1.82, 2.24) is 4.90 Å². The number of hydrogen-bond donors (Lipinski definition) is 7. The number of nitrogen functional groups attached to an aromatic ring is 1. The molecule has 0 bridgehead atoms. The third-order valence-corrected chi connectivity index (χ3v) is 8.03. The molecule has 0 heterocycles. The second-order valence-corrected chi connectivity index (χ2v) is 10.3. The monoisotopic (exact) mass is 601 g/mol. The van der Waals surface area contributed by atoms with Crippen LogP contribution in [0.3, 0.4) is 0 Å². The van der Waals surface area contributed by atoms with Gasteiger partial charge in [-0.2, -0.15) is 0 Å². The lowest BCUT2D eigenvalue weighted by Gasteiger charge is -2.53. The molecule has 11 nitrogen and oxygen atoms in total. The molecule has 0 radical (unpaired) electrons. The average Bonchev–Trinajstić information content (AvgIpc) is 2.73. The molecular weight excluding hydrogens is 573 g/mol. The van der Waals surface area contributed by atoms with Crippen molar-refractivity contribution in [3.8, 4) is 5.75 Å². The van der Waals surface area contributed by atoms with E-state index < -0.39 is 75.6 Å². The van der Waals surface area contributed by atoms with Crippen LogP contribution < -0.4 is 11.5 Å². The number of rotatable bonds is 2. The number of anilines is 1. The van der Waals surface area contributed by atoms with Gasteiger partial charge in [0, 0.05) is 17.2 Å². The van der Waals surface area contributed by atoms with Gasteiger partial charge in [-0.05, 0) is 54.2 Å². The Labute approximate surface area is 214 Å². The summed E-state index contributed by atoms with van der Waals surface area (Å²) >= 11 is 1.80. The van der Waals surface area contributed by atoms with Crippen molar-refractivity contribution in [2.45, 2.75) is 38.0 Å².